The molecule has 0 unspecified atom stereocenters. The first kappa shape index (κ1) is 26.1. The number of azo groups is 1. The Morgan fingerprint density at radius 2 is 1.66 bits per heavy atom. The van der Waals surface area contributed by atoms with E-state index in [1.807, 2.05) is 49.4 Å². The van der Waals surface area contributed by atoms with Crippen LogP contribution in [0.5, 0.6) is 0 Å². The van der Waals surface area contributed by atoms with E-state index < -0.39 is 27.5 Å². The summed E-state index contributed by atoms with van der Waals surface area (Å²) in [7, 11) is 3.12. The Balaban J connectivity index is 1.76. The van der Waals surface area contributed by atoms with Crippen molar-refractivity contribution in [2.45, 2.75) is 13.2 Å². The number of nitrogens with one attached hydrogen (secondary N) is 2. The quantitative estimate of drug-likeness (QED) is 0.144. The molecule has 0 saturated carbocycles. The van der Waals surface area contributed by atoms with Gasteiger partial charge in [0.15, 0.2) is 12.0 Å². The van der Waals surface area contributed by atoms with Gasteiger partial charge in [-0.15, -0.1) is 5.11 Å². The highest BCUT2D eigenvalue weighted by Crippen LogP contribution is 2.31. The Morgan fingerprint density at radius 1 is 0.921 bits per heavy atom. The second-order valence-corrected chi connectivity index (χ2v) is 8.23. The molecule has 4 aromatic rings. The molecule has 38 heavy (non-hydrogen) atoms. The third-order valence-corrected chi connectivity index (χ3v) is 5.71. The summed E-state index contributed by atoms with van der Waals surface area (Å²) in [5.74, 6) is 0. The van der Waals surface area contributed by atoms with E-state index in [1.54, 1.807) is 20.3 Å². The van der Waals surface area contributed by atoms with E-state index in [2.05, 4.69) is 20.2 Å². The van der Waals surface area contributed by atoms with Crippen LogP contribution in [0.4, 0.5) is 17.1 Å². The fourth-order valence-electron chi connectivity index (χ4n) is 3.86. The third kappa shape index (κ3) is 5.72. The highest BCUT2D eigenvalue weighted by molar-refractivity contribution is 5.77. The largest absolute Gasteiger partial charge is 0.354 e. The van der Waals surface area contributed by atoms with Crippen LogP contribution >= 0.6 is 0 Å². The first-order valence-electron chi connectivity index (χ1n) is 11.4. The van der Waals surface area contributed by atoms with Gasteiger partial charge in [0, 0.05) is 36.9 Å². The SMILES string of the molecule is COC(OC)c1ccc(/C(c2ccc(C)cc2)=c2\cc/c(=C/N=Nc3ccc([N+](=O)[O-])cc3[N+](=O)[O-])[nH]2)[nH]1. The predicted molar refractivity (Wildman–Crippen MR) is 139 cm³/mol. The van der Waals surface area contributed by atoms with Gasteiger partial charge in [-0.1, -0.05) is 29.8 Å². The fourth-order valence-corrected chi connectivity index (χ4v) is 3.86. The molecule has 0 bridgehead atoms. The molecular weight excluding hydrogens is 492 g/mol. The minimum atomic E-state index is -0.737. The normalized spacial score (nSPS) is 12.9. The van der Waals surface area contributed by atoms with Gasteiger partial charge in [-0.2, -0.15) is 5.11 Å². The molecule has 0 amide bonds. The maximum atomic E-state index is 11.3. The number of non-ortho nitro benzene ring substituents is 1. The number of H-pyrrole nitrogens is 2. The molecule has 0 aliphatic heterocycles. The molecule has 12 heteroatoms. The Hall–Kier alpha value is -4.94. The van der Waals surface area contributed by atoms with Crippen LogP contribution in [0.25, 0.3) is 11.8 Å². The molecule has 0 radical (unpaired) electrons. The van der Waals surface area contributed by atoms with E-state index in [0.717, 1.165) is 45.6 Å². The van der Waals surface area contributed by atoms with Crippen molar-refractivity contribution >= 4 is 28.8 Å². The maximum absolute atomic E-state index is 11.3. The smallest absolute Gasteiger partial charge is 0.303 e. The molecule has 0 aliphatic rings. The molecule has 0 fully saturated rings. The molecule has 2 aromatic carbocycles. The Bertz CT molecular complexity index is 1620. The summed E-state index contributed by atoms with van der Waals surface area (Å²) in [4.78, 5) is 27.5. The summed E-state index contributed by atoms with van der Waals surface area (Å²) in [6, 6.07) is 18.8. The lowest BCUT2D eigenvalue weighted by Gasteiger charge is -2.11. The maximum Gasteiger partial charge on any atom is 0.303 e. The van der Waals surface area contributed by atoms with E-state index >= 15 is 0 Å². The van der Waals surface area contributed by atoms with E-state index in [4.69, 9.17) is 9.47 Å². The van der Waals surface area contributed by atoms with Crippen molar-refractivity contribution in [2.75, 3.05) is 14.2 Å². The monoisotopic (exact) mass is 516 g/mol. The first-order valence-corrected chi connectivity index (χ1v) is 11.4. The number of hydrogen-bond donors (Lipinski definition) is 2. The molecule has 4 rings (SSSR count). The highest BCUT2D eigenvalue weighted by Gasteiger charge is 2.19. The van der Waals surface area contributed by atoms with Crippen LogP contribution in [-0.2, 0) is 9.47 Å². The van der Waals surface area contributed by atoms with E-state index in [0.29, 0.717) is 5.35 Å². The first-order chi connectivity index (χ1) is 18.3. The Morgan fingerprint density at radius 3 is 2.32 bits per heavy atom. The van der Waals surface area contributed by atoms with Crippen LogP contribution in [0.2, 0.25) is 0 Å². The van der Waals surface area contributed by atoms with Gasteiger partial charge in [0.25, 0.3) is 5.69 Å². The number of aromatic amines is 2. The summed E-state index contributed by atoms with van der Waals surface area (Å²) in [6.45, 7) is 2.01. The lowest BCUT2D eigenvalue weighted by Crippen LogP contribution is -2.14. The molecule has 0 saturated heterocycles. The molecular formula is C26H24N6O6. The standard InChI is InChI=1S/C26H24N6O6/c1-16-4-6-17(7-5-16)25(22-12-13-23(29-22)26(37-2)38-3)21-10-8-18(28-21)15-27-30-20-11-9-19(31(33)34)14-24(20)32(35)36/h4-15,26,28-29H,1-3H3/b18-15-,25-21+,30-27?. The van der Waals surface area contributed by atoms with Crippen LogP contribution in [0.15, 0.2) is 77.0 Å². The van der Waals surface area contributed by atoms with Crippen molar-refractivity contribution < 1.29 is 19.3 Å². The van der Waals surface area contributed by atoms with Gasteiger partial charge in [-0.05, 0) is 42.8 Å². The predicted octanol–water partition coefficient (Wildman–Crippen LogP) is 4.53. The van der Waals surface area contributed by atoms with Gasteiger partial charge in [0.05, 0.1) is 33.2 Å². The number of rotatable bonds is 9. The van der Waals surface area contributed by atoms with Crippen molar-refractivity contribution in [3.63, 3.8) is 0 Å². The van der Waals surface area contributed by atoms with Crippen LogP contribution in [0, 0.1) is 27.2 Å². The van der Waals surface area contributed by atoms with Crippen molar-refractivity contribution in [1.29, 1.82) is 0 Å². The van der Waals surface area contributed by atoms with Crippen molar-refractivity contribution in [3.8, 4) is 0 Å². The van der Waals surface area contributed by atoms with Crippen LogP contribution in [-0.4, -0.2) is 34.0 Å². The molecule has 2 N–H and O–H groups in total. The molecule has 12 nitrogen and oxygen atoms in total. The number of ether oxygens (including phenoxy) is 2. The molecule has 2 aromatic heterocycles. The summed E-state index contributed by atoms with van der Waals surface area (Å²) in [5.41, 5.74) is 3.57. The van der Waals surface area contributed by atoms with Gasteiger partial charge in [0.1, 0.15) is 0 Å². The van der Waals surface area contributed by atoms with Gasteiger partial charge >= 0.3 is 5.69 Å². The van der Waals surface area contributed by atoms with Crippen LogP contribution in [0.1, 0.15) is 28.8 Å². The molecule has 2 heterocycles. The van der Waals surface area contributed by atoms with Crippen molar-refractivity contribution in [2.24, 2.45) is 10.2 Å². The van der Waals surface area contributed by atoms with Crippen molar-refractivity contribution in [3.05, 3.63) is 120 Å². The van der Waals surface area contributed by atoms with Crippen LogP contribution in [0.3, 0.4) is 0 Å². The zero-order valence-electron chi connectivity index (χ0n) is 20.7. The minimum Gasteiger partial charge on any atom is -0.354 e. The Labute approximate surface area is 216 Å². The Kier molecular flexibility index (Phi) is 7.85. The van der Waals surface area contributed by atoms with Gasteiger partial charge < -0.3 is 19.4 Å². The van der Waals surface area contributed by atoms with E-state index in [9.17, 15) is 20.2 Å². The number of nitro groups is 2. The number of nitrogens with zero attached hydrogens (tertiary/aromatic N) is 4. The topological polar surface area (TPSA) is 161 Å². The summed E-state index contributed by atoms with van der Waals surface area (Å²) in [5, 5.41) is 31.5. The molecule has 0 atom stereocenters. The molecule has 0 aliphatic carbocycles. The zero-order valence-corrected chi connectivity index (χ0v) is 20.7. The van der Waals surface area contributed by atoms with Crippen LogP contribution < -0.4 is 10.7 Å². The number of nitro benzene ring substituents is 2. The van der Waals surface area contributed by atoms with Gasteiger partial charge in [-0.25, -0.2) is 0 Å². The van der Waals surface area contributed by atoms with Crippen molar-refractivity contribution in [1.82, 2.24) is 9.97 Å². The fraction of sp³-hybridized carbons (Fsp3) is 0.154. The summed E-state index contributed by atoms with van der Waals surface area (Å²) < 4.78 is 10.7. The average molecular weight is 517 g/mol. The average Bonchev–Trinajstić information content (AvgIpc) is 3.57. The summed E-state index contributed by atoms with van der Waals surface area (Å²) in [6.07, 6.45) is 0.868. The third-order valence-electron chi connectivity index (χ3n) is 5.71. The molecule has 194 valence electrons. The minimum absolute atomic E-state index is 0.0970. The lowest BCUT2D eigenvalue weighted by molar-refractivity contribution is -0.393. The second kappa shape index (κ2) is 11.4. The molecule has 0 spiro atoms. The lowest BCUT2D eigenvalue weighted by atomic mass is 10.0. The van der Waals surface area contributed by atoms with Gasteiger partial charge in [0.2, 0.25) is 0 Å². The second-order valence-electron chi connectivity index (χ2n) is 8.23. The van der Waals surface area contributed by atoms with E-state index in [1.165, 1.54) is 12.3 Å². The number of aryl methyl sites for hydroxylation is 1. The number of methoxy groups -OCH3 is 2. The zero-order chi connectivity index (χ0) is 27.2. The number of aromatic nitrogens is 2. The van der Waals surface area contributed by atoms with E-state index in [-0.39, 0.29) is 5.69 Å². The number of benzene rings is 2. The number of hydrogen-bond acceptors (Lipinski definition) is 8. The highest BCUT2D eigenvalue weighted by atomic mass is 16.7. The van der Waals surface area contributed by atoms with Gasteiger partial charge in [-0.3, -0.25) is 20.2 Å². The summed E-state index contributed by atoms with van der Waals surface area (Å²) >= 11 is 0.